The lowest BCUT2D eigenvalue weighted by Crippen LogP contribution is -2.07. The lowest BCUT2D eigenvalue weighted by Gasteiger charge is -2.12. The first-order valence-electron chi connectivity index (χ1n) is 9.78. The van der Waals surface area contributed by atoms with Gasteiger partial charge in [0.15, 0.2) is 0 Å². The molecule has 0 amide bonds. The molecule has 3 aromatic rings. The number of nitrogens with zero attached hydrogens (tertiary/aromatic N) is 3. The highest BCUT2D eigenvalue weighted by Crippen LogP contribution is 2.26. The van der Waals surface area contributed by atoms with Gasteiger partial charge in [0.2, 0.25) is 0 Å². The molecule has 0 fully saturated rings. The third kappa shape index (κ3) is 4.58. The topological polar surface area (TPSA) is 49.6 Å². The number of aryl methyl sites for hydroxylation is 2. The average Bonchev–Trinajstić information content (AvgIpc) is 2.71. The summed E-state index contributed by atoms with van der Waals surface area (Å²) in [4.78, 5) is 9.27. The van der Waals surface area contributed by atoms with Gasteiger partial charge in [-0.2, -0.15) is 5.26 Å². The largest absolute Gasteiger partial charge is 0.238 e. The zero-order chi connectivity index (χ0) is 19.9. The van der Waals surface area contributed by atoms with Gasteiger partial charge in [-0.3, -0.25) is 0 Å². The highest BCUT2D eigenvalue weighted by molar-refractivity contribution is 6.30. The molecule has 0 spiro atoms. The van der Waals surface area contributed by atoms with Gasteiger partial charge >= 0.3 is 0 Å². The Hall–Kier alpha value is -2.70. The van der Waals surface area contributed by atoms with Crippen molar-refractivity contribution >= 4 is 11.6 Å². The molecule has 0 radical (unpaired) electrons. The number of hydrogen-bond donors (Lipinski definition) is 0. The molecule has 28 heavy (non-hydrogen) atoms. The van der Waals surface area contributed by atoms with E-state index in [0.29, 0.717) is 17.1 Å². The molecule has 3 rings (SSSR count). The summed E-state index contributed by atoms with van der Waals surface area (Å²) in [6, 6.07) is 18.2. The lowest BCUT2D eigenvalue weighted by molar-refractivity contribution is 0.779. The minimum atomic E-state index is 0.570. The summed E-state index contributed by atoms with van der Waals surface area (Å²) in [6.45, 7) is 4.28. The number of nitriles is 1. The molecule has 0 atom stereocenters. The molecule has 0 saturated heterocycles. The lowest BCUT2D eigenvalue weighted by atomic mass is 9.97. The van der Waals surface area contributed by atoms with Crippen molar-refractivity contribution in [2.24, 2.45) is 0 Å². The van der Waals surface area contributed by atoms with Crippen molar-refractivity contribution in [1.82, 2.24) is 9.97 Å². The third-order valence-corrected chi connectivity index (χ3v) is 5.06. The van der Waals surface area contributed by atoms with E-state index >= 15 is 0 Å². The van der Waals surface area contributed by atoms with E-state index in [1.807, 2.05) is 24.3 Å². The maximum Gasteiger partial charge on any atom is 0.136 e. The molecule has 142 valence electrons. The van der Waals surface area contributed by atoms with E-state index in [2.05, 4.69) is 49.2 Å². The monoisotopic (exact) mass is 389 g/mol. The predicted octanol–water partition coefficient (Wildman–Crippen LogP) is 6.16. The molecular weight excluding hydrogens is 366 g/mol. The first-order valence-corrected chi connectivity index (χ1v) is 10.2. The predicted molar refractivity (Wildman–Crippen MR) is 114 cm³/mol. The summed E-state index contributed by atoms with van der Waals surface area (Å²) in [5.41, 5.74) is 5.91. The second kappa shape index (κ2) is 9.48. The maximum atomic E-state index is 9.32. The Morgan fingerprint density at radius 3 is 2.32 bits per heavy atom. The zero-order valence-electron chi connectivity index (χ0n) is 16.4. The van der Waals surface area contributed by atoms with Crippen LogP contribution in [0.4, 0.5) is 0 Å². The molecule has 3 nitrogen and oxygen atoms in total. The third-order valence-electron chi connectivity index (χ3n) is 4.74. The van der Waals surface area contributed by atoms with Crippen molar-refractivity contribution < 1.29 is 0 Å². The van der Waals surface area contributed by atoms with Gasteiger partial charge in [-0.15, -0.1) is 0 Å². The fraction of sp³-hybridized carbons (Fsp3) is 0.292. The highest BCUT2D eigenvalue weighted by Gasteiger charge is 2.13. The summed E-state index contributed by atoms with van der Waals surface area (Å²) in [7, 11) is 0. The highest BCUT2D eigenvalue weighted by atomic mass is 35.5. The Balaban J connectivity index is 1.89. The van der Waals surface area contributed by atoms with Crippen LogP contribution in [0.3, 0.4) is 0 Å². The van der Waals surface area contributed by atoms with Crippen LogP contribution in [0.5, 0.6) is 0 Å². The Kier molecular flexibility index (Phi) is 6.79. The van der Waals surface area contributed by atoms with Crippen LogP contribution in [0.25, 0.3) is 11.1 Å². The van der Waals surface area contributed by atoms with Crippen LogP contribution in [-0.4, -0.2) is 9.97 Å². The molecule has 0 aliphatic rings. The number of halogens is 1. The molecule has 1 heterocycles. The normalized spacial score (nSPS) is 10.6. The molecule has 0 aliphatic carbocycles. The van der Waals surface area contributed by atoms with Gasteiger partial charge in [-0.05, 0) is 35.6 Å². The second-order valence-electron chi connectivity index (χ2n) is 6.89. The van der Waals surface area contributed by atoms with E-state index in [1.54, 1.807) is 0 Å². The standard InChI is InChI=1S/C24H24ClN3/c1-3-7-22-21(24(25)28-23(27-22)8-4-2)15-17-11-13-18(14-12-17)20-10-6-5-9-19(20)16-26/h5-6,9-14H,3-4,7-8,15H2,1-2H3. The summed E-state index contributed by atoms with van der Waals surface area (Å²) < 4.78 is 0. The van der Waals surface area contributed by atoms with Crippen molar-refractivity contribution in [3.63, 3.8) is 0 Å². The number of hydrogen-bond acceptors (Lipinski definition) is 3. The minimum absolute atomic E-state index is 0.570. The van der Waals surface area contributed by atoms with E-state index in [0.717, 1.165) is 59.5 Å². The van der Waals surface area contributed by atoms with Gasteiger partial charge in [0.05, 0.1) is 11.6 Å². The van der Waals surface area contributed by atoms with E-state index < -0.39 is 0 Å². The molecule has 0 N–H and O–H groups in total. The minimum Gasteiger partial charge on any atom is -0.238 e. The quantitative estimate of drug-likeness (QED) is 0.454. The van der Waals surface area contributed by atoms with Crippen LogP contribution >= 0.6 is 11.6 Å². The van der Waals surface area contributed by atoms with Gasteiger partial charge in [0.25, 0.3) is 0 Å². The van der Waals surface area contributed by atoms with Crippen LogP contribution < -0.4 is 0 Å². The van der Waals surface area contributed by atoms with E-state index in [9.17, 15) is 5.26 Å². The molecule has 0 saturated carbocycles. The smallest absolute Gasteiger partial charge is 0.136 e. The Morgan fingerprint density at radius 2 is 1.64 bits per heavy atom. The fourth-order valence-corrected chi connectivity index (χ4v) is 3.61. The Morgan fingerprint density at radius 1 is 0.929 bits per heavy atom. The number of aromatic nitrogens is 2. The summed E-state index contributed by atoms with van der Waals surface area (Å²) in [6.07, 6.45) is 4.50. The van der Waals surface area contributed by atoms with Gasteiger partial charge in [-0.25, -0.2) is 9.97 Å². The van der Waals surface area contributed by atoms with Gasteiger partial charge in [0.1, 0.15) is 11.0 Å². The van der Waals surface area contributed by atoms with E-state index in [-0.39, 0.29) is 0 Å². The molecule has 2 aromatic carbocycles. The van der Waals surface area contributed by atoms with Crippen LogP contribution in [0.2, 0.25) is 5.15 Å². The van der Waals surface area contributed by atoms with Crippen molar-refractivity contribution in [3.05, 3.63) is 81.9 Å². The molecular formula is C24H24ClN3. The van der Waals surface area contributed by atoms with Crippen molar-refractivity contribution in [2.45, 2.75) is 46.0 Å². The fourth-order valence-electron chi connectivity index (χ4n) is 3.34. The summed E-state index contributed by atoms with van der Waals surface area (Å²) >= 11 is 6.54. The maximum absolute atomic E-state index is 9.32. The van der Waals surface area contributed by atoms with Crippen molar-refractivity contribution in [2.75, 3.05) is 0 Å². The van der Waals surface area contributed by atoms with Gasteiger partial charge < -0.3 is 0 Å². The number of rotatable bonds is 7. The Labute approximate surface area is 172 Å². The van der Waals surface area contributed by atoms with Crippen LogP contribution in [0, 0.1) is 11.3 Å². The van der Waals surface area contributed by atoms with Gasteiger partial charge in [-0.1, -0.05) is 74.3 Å². The zero-order valence-corrected chi connectivity index (χ0v) is 17.1. The number of benzene rings is 2. The van der Waals surface area contributed by atoms with Crippen LogP contribution in [-0.2, 0) is 19.3 Å². The SMILES string of the molecule is CCCc1nc(Cl)c(Cc2ccc(-c3ccccc3C#N)cc2)c(CCC)n1. The molecule has 1 aromatic heterocycles. The Bertz CT molecular complexity index is 988. The molecule has 0 unspecified atom stereocenters. The summed E-state index contributed by atoms with van der Waals surface area (Å²) in [5.74, 6) is 0.836. The van der Waals surface area contributed by atoms with Crippen LogP contribution in [0.15, 0.2) is 48.5 Å². The first kappa shape index (κ1) is 20.0. The summed E-state index contributed by atoms with van der Waals surface area (Å²) in [5, 5.41) is 9.89. The van der Waals surface area contributed by atoms with Crippen molar-refractivity contribution in [3.8, 4) is 17.2 Å². The second-order valence-corrected chi connectivity index (χ2v) is 7.24. The van der Waals surface area contributed by atoms with Crippen molar-refractivity contribution in [1.29, 1.82) is 5.26 Å². The van der Waals surface area contributed by atoms with Gasteiger partial charge in [0, 0.05) is 24.1 Å². The molecule has 0 aliphatic heterocycles. The van der Waals surface area contributed by atoms with Crippen LogP contribution in [0.1, 0.15) is 54.9 Å². The first-order chi connectivity index (χ1) is 13.7. The van der Waals surface area contributed by atoms with E-state index in [4.69, 9.17) is 16.6 Å². The molecule has 0 bridgehead atoms. The average molecular weight is 390 g/mol. The van der Waals surface area contributed by atoms with E-state index in [1.165, 1.54) is 0 Å². The molecule has 4 heteroatoms.